The Morgan fingerprint density at radius 1 is 1.29 bits per heavy atom. The molecule has 5 heteroatoms. The van der Waals surface area contributed by atoms with Gasteiger partial charge in [-0.2, -0.15) is 4.98 Å². The predicted octanol–water partition coefficient (Wildman–Crippen LogP) is 1.37. The molecular weight excluding hydrogens is 220 g/mol. The van der Waals surface area contributed by atoms with Crippen LogP contribution in [0.3, 0.4) is 0 Å². The molecule has 0 unspecified atom stereocenters. The molecule has 3 heterocycles. The van der Waals surface area contributed by atoms with Gasteiger partial charge < -0.3 is 19.2 Å². The van der Waals surface area contributed by atoms with Gasteiger partial charge in [0.25, 0.3) is 6.01 Å². The highest BCUT2D eigenvalue weighted by molar-refractivity contribution is 5.76. The van der Waals surface area contributed by atoms with Gasteiger partial charge >= 0.3 is 0 Å². The summed E-state index contributed by atoms with van der Waals surface area (Å²) in [4.78, 5) is 6.52. The topological polar surface area (TPSA) is 58.7 Å². The molecule has 0 bridgehead atoms. The first-order valence-corrected chi connectivity index (χ1v) is 5.66. The van der Waals surface area contributed by atoms with Gasteiger partial charge in [0, 0.05) is 19.2 Å². The van der Waals surface area contributed by atoms with Crippen LogP contribution in [0.25, 0.3) is 11.1 Å². The van der Waals surface area contributed by atoms with Gasteiger partial charge in [0.15, 0.2) is 5.58 Å². The minimum absolute atomic E-state index is 0.202. The van der Waals surface area contributed by atoms with E-state index in [4.69, 9.17) is 9.15 Å². The van der Waals surface area contributed by atoms with Crippen molar-refractivity contribution in [2.45, 2.75) is 0 Å². The monoisotopic (exact) mass is 232 g/mol. The fourth-order valence-corrected chi connectivity index (χ4v) is 2.51. The molecule has 2 saturated heterocycles. The zero-order valence-corrected chi connectivity index (χ0v) is 9.22. The number of hydrogen-bond acceptors (Lipinski definition) is 5. The zero-order valence-electron chi connectivity index (χ0n) is 9.22. The van der Waals surface area contributed by atoms with E-state index in [9.17, 15) is 5.11 Å². The number of phenols is 1. The number of ether oxygens (including phenoxy) is 1. The van der Waals surface area contributed by atoms with Crippen molar-refractivity contribution in [3.8, 4) is 5.75 Å². The molecule has 88 valence electrons. The molecule has 2 fully saturated rings. The van der Waals surface area contributed by atoms with Gasteiger partial charge in [-0.05, 0) is 12.1 Å². The number of rotatable bonds is 1. The van der Waals surface area contributed by atoms with Gasteiger partial charge in [0.05, 0.1) is 18.6 Å². The lowest BCUT2D eigenvalue weighted by molar-refractivity contribution is -0.128. The number of hydrogen-bond donors (Lipinski definition) is 1. The normalized spacial score (nSPS) is 21.5. The summed E-state index contributed by atoms with van der Waals surface area (Å²) >= 11 is 0. The molecule has 4 rings (SSSR count). The number of nitrogens with zero attached hydrogens (tertiary/aromatic N) is 2. The summed E-state index contributed by atoms with van der Waals surface area (Å²) in [7, 11) is 0. The van der Waals surface area contributed by atoms with Crippen LogP contribution in [0.5, 0.6) is 5.75 Å². The molecule has 2 aliphatic heterocycles. The lowest BCUT2D eigenvalue weighted by Gasteiger charge is -2.54. The number of phenolic OH excluding ortho intramolecular Hbond substituents is 1. The summed E-state index contributed by atoms with van der Waals surface area (Å²) < 4.78 is 10.9. The lowest BCUT2D eigenvalue weighted by Crippen LogP contribution is -2.66. The first-order chi connectivity index (χ1) is 8.24. The van der Waals surface area contributed by atoms with E-state index in [1.807, 2.05) is 0 Å². The average Bonchev–Trinajstić information content (AvgIpc) is 2.55. The Bertz CT molecular complexity index is 580. The quantitative estimate of drug-likeness (QED) is 0.804. The van der Waals surface area contributed by atoms with Crippen LogP contribution in [0.1, 0.15) is 0 Å². The number of aromatic hydroxyl groups is 1. The third-order valence-electron chi connectivity index (χ3n) is 3.50. The molecule has 0 radical (unpaired) electrons. The Hall–Kier alpha value is -1.75. The smallest absolute Gasteiger partial charge is 0.298 e. The predicted molar refractivity (Wildman–Crippen MR) is 61.1 cm³/mol. The second-order valence-corrected chi connectivity index (χ2v) is 5.00. The number of benzene rings is 1. The molecule has 1 spiro atoms. The van der Waals surface area contributed by atoms with E-state index in [0.717, 1.165) is 31.8 Å². The maximum Gasteiger partial charge on any atom is 0.298 e. The second kappa shape index (κ2) is 2.92. The van der Waals surface area contributed by atoms with Crippen molar-refractivity contribution in [2.75, 3.05) is 31.2 Å². The van der Waals surface area contributed by atoms with E-state index < -0.39 is 0 Å². The molecule has 0 amide bonds. The molecular formula is C12H12N2O3. The molecule has 0 saturated carbocycles. The molecule has 17 heavy (non-hydrogen) atoms. The maximum atomic E-state index is 9.36. The van der Waals surface area contributed by atoms with E-state index in [0.29, 0.717) is 17.0 Å². The Kier molecular flexibility index (Phi) is 1.60. The SMILES string of the molecule is Oc1ccc2nc(N3CC4(COC4)C3)oc2c1. The van der Waals surface area contributed by atoms with Crippen LogP contribution in [-0.4, -0.2) is 36.4 Å². The van der Waals surface area contributed by atoms with Crippen molar-refractivity contribution in [3.05, 3.63) is 18.2 Å². The van der Waals surface area contributed by atoms with Crippen LogP contribution >= 0.6 is 0 Å². The maximum absolute atomic E-state index is 9.36. The van der Waals surface area contributed by atoms with Crippen LogP contribution in [-0.2, 0) is 4.74 Å². The third-order valence-corrected chi connectivity index (χ3v) is 3.50. The van der Waals surface area contributed by atoms with E-state index >= 15 is 0 Å². The van der Waals surface area contributed by atoms with Crippen molar-refractivity contribution in [3.63, 3.8) is 0 Å². The first kappa shape index (κ1) is 9.30. The summed E-state index contributed by atoms with van der Waals surface area (Å²) in [5, 5.41) is 9.36. The van der Waals surface area contributed by atoms with Crippen LogP contribution in [0.4, 0.5) is 6.01 Å². The highest BCUT2D eigenvalue weighted by atomic mass is 16.5. The summed E-state index contributed by atoms with van der Waals surface area (Å²) in [6.07, 6.45) is 0. The fraction of sp³-hybridized carbons (Fsp3) is 0.417. The molecule has 1 aromatic carbocycles. The molecule has 1 aromatic heterocycles. The number of anilines is 1. The van der Waals surface area contributed by atoms with Gasteiger partial charge in [0.1, 0.15) is 11.3 Å². The molecule has 1 N–H and O–H groups in total. The fourth-order valence-electron chi connectivity index (χ4n) is 2.51. The van der Waals surface area contributed by atoms with Crippen molar-refractivity contribution in [2.24, 2.45) is 5.41 Å². The van der Waals surface area contributed by atoms with Gasteiger partial charge in [0.2, 0.25) is 0 Å². The summed E-state index contributed by atoms with van der Waals surface area (Å²) in [5.41, 5.74) is 1.76. The molecule has 2 aromatic rings. The molecule has 0 atom stereocenters. The molecule has 0 aliphatic carbocycles. The first-order valence-electron chi connectivity index (χ1n) is 5.66. The van der Waals surface area contributed by atoms with Gasteiger partial charge in [-0.1, -0.05) is 0 Å². The van der Waals surface area contributed by atoms with Crippen molar-refractivity contribution in [1.29, 1.82) is 0 Å². The van der Waals surface area contributed by atoms with E-state index in [1.165, 1.54) is 0 Å². The third kappa shape index (κ3) is 1.26. The van der Waals surface area contributed by atoms with Crippen LogP contribution in [0.2, 0.25) is 0 Å². The lowest BCUT2D eigenvalue weighted by atomic mass is 9.78. The number of oxazole rings is 1. The molecule has 5 nitrogen and oxygen atoms in total. The highest BCUT2D eigenvalue weighted by Crippen LogP contribution is 2.40. The summed E-state index contributed by atoms with van der Waals surface area (Å²) in [6, 6.07) is 5.61. The molecule has 2 aliphatic rings. The van der Waals surface area contributed by atoms with Gasteiger partial charge in [-0.15, -0.1) is 0 Å². The van der Waals surface area contributed by atoms with E-state index in [1.54, 1.807) is 18.2 Å². The Morgan fingerprint density at radius 2 is 2.12 bits per heavy atom. The van der Waals surface area contributed by atoms with Gasteiger partial charge in [-0.3, -0.25) is 0 Å². The Morgan fingerprint density at radius 3 is 2.82 bits per heavy atom. The summed E-state index contributed by atoms with van der Waals surface area (Å²) in [6.45, 7) is 3.60. The number of aromatic nitrogens is 1. The van der Waals surface area contributed by atoms with Gasteiger partial charge in [-0.25, -0.2) is 0 Å². The van der Waals surface area contributed by atoms with Crippen LogP contribution in [0, 0.1) is 5.41 Å². The summed E-state index contributed by atoms with van der Waals surface area (Å²) in [5.74, 6) is 0.202. The van der Waals surface area contributed by atoms with E-state index in [2.05, 4.69) is 9.88 Å². The van der Waals surface area contributed by atoms with Crippen molar-refractivity contribution in [1.82, 2.24) is 4.98 Å². The van der Waals surface area contributed by atoms with Crippen LogP contribution in [0.15, 0.2) is 22.6 Å². The average molecular weight is 232 g/mol. The second-order valence-electron chi connectivity index (χ2n) is 5.00. The minimum Gasteiger partial charge on any atom is -0.508 e. The van der Waals surface area contributed by atoms with Crippen LogP contribution < -0.4 is 4.90 Å². The van der Waals surface area contributed by atoms with E-state index in [-0.39, 0.29) is 5.75 Å². The van der Waals surface area contributed by atoms with Crippen molar-refractivity contribution >= 4 is 17.1 Å². The van der Waals surface area contributed by atoms with Crippen molar-refractivity contribution < 1.29 is 14.3 Å². The zero-order chi connectivity index (χ0) is 11.5. The Labute approximate surface area is 97.6 Å². The standard InChI is InChI=1S/C12H12N2O3/c15-8-1-2-9-10(3-8)17-11(13-9)14-4-12(5-14)6-16-7-12/h1-3,15H,4-7H2. The minimum atomic E-state index is 0.202. The highest BCUT2D eigenvalue weighted by Gasteiger charge is 2.50. The Balaban J connectivity index is 1.64. The number of fused-ring (bicyclic) bond motifs is 1. The largest absolute Gasteiger partial charge is 0.508 e.